The highest BCUT2D eigenvalue weighted by atomic mass is 32.2. The van der Waals surface area contributed by atoms with Gasteiger partial charge in [0.2, 0.25) is 0 Å². The van der Waals surface area contributed by atoms with E-state index >= 15 is 0 Å². The van der Waals surface area contributed by atoms with Crippen molar-refractivity contribution >= 4 is 11.8 Å². The summed E-state index contributed by atoms with van der Waals surface area (Å²) in [6.07, 6.45) is 3.45. The van der Waals surface area contributed by atoms with Crippen LogP contribution in [0.5, 0.6) is 0 Å². The summed E-state index contributed by atoms with van der Waals surface area (Å²) in [5.41, 5.74) is 0.405. The Hall–Kier alpha value is -0.590. The summed E-state index contributed by atoms with van der Waals surface area (Å²) in [5.74, 6) is 3.15. The molecule has 6 heteroatoms. The molecule has 0 radical (unpaired) electrons. The fraction of sp³-hybridized carbons (Fsp3) is 0.875. The molecule has 0 saturated carbocycles. The molecule has 5 nitrogen and oxygen atoms in total. The standard InChI is InChI=1S/C16H28N4OS/c1-16(2,3)13-7-12(10-22-13)17-11-5-6-15-18-14(9-21-4)19-20(15)8-11/h11-13,17H,5-10H2,1-4H3/t11-,12+,13+/m1/s1. The van der Waals surface area contributed by atoms with Crippen LogP contribution in [0.3, 0.4) is 0 Å². The third-order valence-corrected chi connectivity index (χ3v) is 6.51. The molecule has 3 heterocycles. The van der Waals surface area contributed by atoms with Crippen molar-refractivity contribution < 1.29 is 4.74 Å². The third kappa shape index (κ3) is 3.66. The smallest absolute Gasteiger partial charge is 0.176 e. The minimum Gasteiger partial charge on any atom is -0.377 e. The Kier molecular flexibility index (Phi) is 4.80. The zero-order valence-electron chi connectivity index (χ0n) is 14.1. The molecule has 2 aliphatic heterocycles. The van der Waals surface area contributed by atoms with Gasteiger partial charge in [-0.2, -0.15) is 16.9 Å². The van der Waals surface area contributed by atoms with Crippen molar-refractivity contribution in [2.45, 2.75) is 70.5 Å². The van der Waals surface area contributed by atoms with Crippen LogP contribution >= 0.6 is 11.8 Å². The lowest BCUT2D eigenvalue weighted by molar-refractivity contribution is 0.177. The molecule has 3 atom stereocenters. The summed E-state index contributed by atoms with van der Waals surface area (Å²) < 4.78 is 7.20. The third-order valence-electron chi connectivity index (χ3n) is 4.61. The molecule has 1 aromatic heterocycles. The van der Waals surface area contributed by atoms with E-state index < -0.39 is 0 Å². The highest BCUT2D eigenvalue weighted by Crippen LogP contribution is 2.39. The normalized spacial score (nSPS) is 28.8. The van der Waals surface area contributed by atoms with Crippen molar-refractivity contribution in [2.75, 3.05) is 12.9 Å². The summed E-state index contributed by atoms with van der Waals surface area (Å²) in [6, 6.07) is 1.16. The van der Waals surface area contributed by atoms with Crippen molar-refractivity contribution in [3.8, 4) is 0 Å². The summed E-state index contributed by atoms with van der Waals surface area (Å²) in [4.78, 5) is 4.55. The molecule has 1 fully saturated rings. The lowest BCUT2D eigenvalue weighted by atomic mass is 9.88. The average molecular weight is 324 g/mol. The molecule has 0 unspecified atom stereocenters. The Balaban J connectivity index is 1.55. The highest BCUT2D eigenvalue weighted by Gasteiger charge is 2.35. The minimum absolute atomic E-state index is 0.405. The van der Waals surface area contributed by atoms with Crippen LogP contribution < -0.4 is 5.32 Å². The first-order valence-corrected chi connectivity index (χ1v) is 9.30. The first-order chi connectivity index (χ1) is 10.5. The molecule has 1 N–H and O–H groups in total. The lowest BCUT2D eigenvalue weighted by Crippen LogP contribution is -2.44. The topological polar surface area (TPSA) is 52.0 Å². The predicted molar refractivity (Wildman–Crippen MR) is 90.1 cm³/mol. The SMILES string of the molecule is COCc1nc2n(n1)C[C@H](N[C@@H]1CS[C@H](C(C)(C)C)C1)CC2. The number of hydrogen-bond acceptors (Lipinski definition) is 5. The van der Waals surface area contributed by atoms with E-state index in [1.807, 2.05) is 0 Å². The number of ether oxygens (including phenoxy) is 1. The molecular formula is C16H28N4OS. The van der Waals surface area contributed by atoms with Crippen LogP contribution in [-0.4, -0.2) is 45.0 Å². The zero-order chi connectivity index (χ0) is 15.7. The second kappa shape index (κ2) is 6.49. The molecule has 0 aromatic carbocycles. The van der Waals surface area contributed by atoms with Gasteiger partial charge in [-0.25, -0.2) is 9.67 Å². The van der Waals surface area contributed by atoms with Crippen LogP contribution in [0, 0.1) is 5.41 Å². The van der Waals surface area contributed by atoms with Crippen molar-refractivity contribution in [2.24, 2.45) is 5.41 Å². The maximum Gasteiger partial charge on any atom is 0.176 e. The number of fused-ring (bicyclic) bond motifs is 1. The highest BCUT2D eigenvalue weighted by molar-refractivity contribution is 8.00. The Morgan fingerprint density at radius 2 is 2.18 bits per heavy atom. The summed E-state index contributed by atoms with van der Waals surface area (Å²) in [5, 5.41) is 9.18. The van der Waals surface area contributed by atoms with Crippen molar-refractivity contribution in [3.05, 3.63) is 11.6 Å². The van der Waals surface area contributed by atoms with Crippen LogP contribution in [0.4, 0.5) is 0 Å². The van der Waals surface area contributed by atoms with E-state index in [1.165, 1.54) is 12.2 Å². The monoisotopic (exact) mass is 324 g/mol. The Labute approximate surface area is 137 Å². The Bertz CT molecular complexity index is 511. The number of nitrogens with one attached hydrogen (secondary N) is 1. The van der Waals surface area contributed by atoms with Gasteiger partial charge in [-0.3, -0.25) is 0 Å². The van der Waals surface area contributed by atoms with Crippen LogP contribution in [0.25, 0.3) is 0 Å². The molecule has 0 amide bonds. The van der Waals surface area contributed by atoms with E-state index in [0.717, 1.165) is 36.3 Å². The van der Waals surface area contributed by atoms with Gasteiger partial charge >= 0.3 is 0 Å². The quantitative estimate of drug-likeness (QED) is 0.920. The minimum atomic E-state index is 0.405. The van der Waals surface area contributed by atoms with Crippen LogP contribution in [0.1, 0.15) is 45.3 Å². The summed E-state index contributed by atoms with van der Waals surface area (Å²) in [7, 11) is 1.69. The number of thioether (sulfide) groups is 1. The van der Waals surface area contributed by atoms with Gasteiger partial charge in [-0.1, -0.05) is 20.8 Å². The number of rotatable bonds is 4. The van der Waals surface area contributed by atoms with E-state index in [0.29, 0.717) is 24.1 Å². The maximum absolute atomic E-state index is 5.13. The zero-order valence-corrected chi connectivity index (χ0v) is 14.9. The van der Waals surface area contributed by atoms with Crippen molar-refractivity contribution in [3.63, 3.8) is 0 Å². The van der Waals surface area contributed by atoms with Crippen molar-refractivity contribution in [1.29, 1.82) is 0 Å². The van der Waals surface area contributed by atoms with Gasteiger partial charge in [-0.15, -0.1) is 0 Å². The average Bonchev–Trinajstić information content (AvgIpc) is 3.04. The summed E-state index contributed by atoms with van der Waals surface area (Å²) in [6.45, 7) is 8.50. The van der Waals surface area contributed by atoms with Crippen LogP contribution in [0.2, 0.25) is 0 Å². The van der Waals surface area contributed by atoms with Gasteiger partial charge in [0.25, 0.3) is 0 Å². The fourth-order valence-electron chi connectivity index (χ4n) is 3.37. The number of hydrogen-bond donors (Lipinski definition) is 1. The first-order valence-electron chi connectivity index (χ1n) is 8.25. The van der Waals surface area contributed by atoms with E-state index in [-0.39, 0.29) is 0 Å². The van der Waals surface area contributed by atoms with Gasteiger partial charge in [0.05, 0.1) is 6.54 Å². The second-order valence-electron chi connectivity index (χ2n) is 7.58. The van der Waals surface area contributed by atoms with Gasteiger partial charge in [0, 0.05) is 36.6 Å². The molecule has 1 saturated heterocycles. The van der Waals surface area contributed by atoms with Crippen molar-refractivity contribution in [1.82, 2.24) is 20.1 Å². The number of methoxy groups -OCH3 is 1. The first kappa shape index (κ1) is 16.3. The summed E-state index contributed by atoms with van der Waals surface area (Å²) >= 11 is 2.13. The molecule has 1 aromatic rings. The molecule has 0 aliphatic carbocycles. The van der Waals surface area contributed by atoms with Gasteiger partial charge in [-0.05, 0) is 18.3 Å². The van der Waals surface area contributed by atoms with E-state index in [2.05, 4.69) is 52.6 Å². The molecule has 124 valence electrons. The van der Waals surface area contributed by atoms with E-state index in [9.17, 15) is 0 Å². The predicted octanol–water partition coefficient (Wildman–Crippen LogP) is 2.25. The van der Waals surface area contributed by atoms with Gasteiger partial charge in [0.15, 0.2) is 5.82 Å². The molecule has 22 heavy (non-hydrogen) atoms. The lowest BCUT2D eigenvalue weighted by Gasteiger charge is -2.28. The van der Waals surface area contributed by atoms with E-state index in [4.69, 9.17) is 4.74 Å². The Morgan fingerprint density at radius 3 is 2.86 bits per heavy atom. The molecular weight excluding hydrogens is 296 g/mol. The number of aromatic nitrogens is 3. The number of aryl methyl sites for hydroxylation is 1. The number of nitrogens with zero attached hydrogens (tertiary/aromatic N) is 3. The largest absolute Gasteiger partial charge is 0.377 e. The van der Waals surface area contributed by atoms with E-state index in [1.54, 1.807) is 7.11 Å². The van der Waals surface area contributed by atoms with Crippen LogP contribution in [0.15, 0.2) is 0 Å². The van der Waals surface area contributed by atoms with Gasteiger partial charge < -0.3 is 10.1 Å². The molecule has 2 aliphatic rings. The molecule has 0 bridgehead atoms. The Morgan fingerprint density at radius 1 is 1.36 bits per heavy atom. The molecule has 3 rings (SSSR count). The second-order valence-corrected chi connectivity index (χ2v) is 8.82. The fourth-order valence-corrected chi connectivity index (χ4v) is 4.93. The maximum atomic E-state index is 5.13. The molecule has 0 spiro atoms. The van der Waals surface area contributed by atoms with Gasteiger partial charge in [0.1, 0.15) is 12.4 Å². The van der Waals surface area contributed by atoms with Crippen LogP contribution in [-0.2, 0) is 24.3 Å².